The highest BCUT2D eigenvalue weighted by Crippen LogP contribution is 2.31. The summed E-state index contributed by atoms with van der Waals surface area (Å²) in [5.74, 6) is 6.91. The molecule has 1 aliphatic rings. The number of methoxy groups -OCH3 is 1. The maximum absolute atomic E-state index is 11.6. The number of piperidine rings is 1. The van der Waals surface area contributed by atoms with Crippen molar-refractivity contribution < 1.29 is 14.6 Å². The molecule has 0 radical (unpaired) electrons. The number of benzene rings is 2. The molecule has 188 valence electrons. The van der Waals surface area contributed by atoms with Crippen molar-refractivity contribution in [2.24, 2.45) is 11.8 Å². The summed E-state index contributed by atoms with van der Waals surface area (Å²) in [6, 6.07) is 13.3. The smallest absolute Gasteiger partial charge is 0.303 e. The average Bonchev–Trinajstić information content (AvgIpc) is 2.86. The van der Waals surface area contributed by atoms with E-state index in [1.165, 1.54) is 5.56 Å². The van der Waals surface area contributed by atoms with E-state index in [0.717, 1.165) is 61.0 Å². The Morgan fingerprint density at radius 1 is 1.19 bits per heavy atom. The number of carboxylic acid groups (broad SMARTS) is 1. The van der Waals surface area contributed by atoms with E-state index in [2.05, 4.69) is 27.8 Å². The number of nitrogens with zero attached hydrogens (tertiary/aromatic N) is 2. The second-order valence-corrected chi connectivity index (χ2v) is 10.2. The van der Waals surface area contributed by atoms with E-state index < -0.39 is 5.97 Å². The van der Waals surface area contributed by atoms with Crippen LogP contribution in [-0.4, -0.2) is 47.7 Å². The third-order valence-corrected chi connectivity index (χ3v) is 7.48. The third-order valence-electron chi connectivity index (χ3n) is 6.93. The molecule has 4 rings (SSSR count). The van der Waals surface area contributed by atoms with E-state index in [0.29, 0.717) is 22.5 Å². The number of aliphatic carboxylic acids is 1. The van der Waals surface area contributed by atoms with Gasteiger partial charge in [-0.05, 0) is 92.1 Å². The third kappa shape index (κ3) is 6.91. The van der Waals surface area contributed by atoms with Crippen LogP contribution in [0.2, 0.25) is 10.0 Å². The zero-order valence-corrected chi connectivity index (χ0v) is 21.9. The number of carboxylic acids is 1. The van der Waals surface area contributed by atoms with Crippen molar-refractivity contribution in [1.29, 1.82) is 0 Å². The number of hydrogen-bond acceptors (Lipinski definition) is 4. The highest BCUT2D eigenvalue weighted by Gasteiger charge is 2.30. The quantitative estimate of drug-likeness (QED) is 0.348. The average molecular weight is 525 g/mol. The summed E-state index contributed by atoms with van der Waals surface area (Å²) in [4.78, 5) is 18.3. The second kappa shape index (κ2) is 12.5. The van der Waals surface area contributed by atoms with E-state index in [4.69, 9.17) is 27.9 Å². The van der Waals surface area contributed by atoms with Gasteiger partial charge in [0.15, 0.2) is 0 Å². The number of aryl methyl sites for hydroxylation is 1. The number of fused-ring (bicyclic) bond motifs is 1. The van der Waals surface area contributed by atoms with Gasteiger partial charge in [0.2, 0.25) is 0 Å². The van der Waals surface area contributed by atoms with Crippen molar-refractivity contribution in [3.8, 4) is 17.6 Å². The Bertz CT molecular complexity index is 1280. The van der Waals surface area contributed by atoms with Gasteiger partial charge in [0, 0.05) is 35.1 Å². The first kappa shape index (κ1) is 26.3. The number of rotatable bonds is 8. The first-order chi connectivity index (χ1) is 17.4. The second-order valence-electron chi connectivity index (χ2n) is 9.31. The molecule has 2 atom stereocenters. The molecule has 0 bridgehead atoms. The van der Waals surface area contributed by atoms with Gasteiger partial charge >= 0.3 is 5.97 Å². The maximum atomic E-state index is 11.6. The van der Waals surface area contributed by atoms with Crippen LogP contribution in [0.15, 0.2) is 48.7 Å². The highest BCUT2D eigenvalue weighted by molar-refractivity contribution is 6.35. The Hall–Kier alpha value is -2.78. The van der Waals surface area contributed by atoms with Crippen LogP contribution in [0.1, 0.15) is 36.8 Å². The van der Waals surface area contributed by atoms with Crippen LogP contribution >= 0.6 is 23.2 Å². The van der Waals surface area contributed by atoms with Crippen LogP contribution in [0.3, 0.4) is 0 Å². The summed E-state index contributed by atoms with van der Waals surface area (Å²) in [5.41, 5.74) is 2.97. The summed E-state index contributed by atoms with van der Waals surface area (Å²) in [6.45, 7) is 2.25. The standard InChI is InChI=1S/C29H30Cl2N2O3/c1-36-25-9-10-28-26(18-25)21(11-13-32-28)5-2-4-20-12-15-33(19-23(20)16-29(34)35)14-3-6-22-7-8-24(30)17-27(22)31/h7-11,13,17-18,20,23H,2,4-5,12,14-16,19H2,1H3,(H,34,35)/t20-,23+/m1/s1. The van der Waals surface area contributed by atoms with Gasteiger partial charge in [-0.2, -0.15) is 0 Å². The van der Waals surface area contributed by atoms with E-state index in [1.807, 2.05) is 30.5 Å². The molecule has 0 unspecified atom stereocenters. The molecule has 1 aliphatic heterocycles. The topological polar surface area (TPSA) is 62.7 Å². The van der Waals surface area contributed by atoms with Crippen molar-refractivity contribution in [2.45, 2.75) is 32.1 Å². The minimum Gasteiger partial charge on any atom is -0.497 e. The summed E-state index contributed by atoms with van der Waals surface area (Å²) in [5, 5.41) is 11.8. The Balaban J connectivity index is 1.35. The monoisotopic (exact) mass is 524 g/mol. The van der Waals surface area contributed by atoms with Gasteiger partial charge < -0.3 is 9.84 Å². The molecule has 3 aromatic rings. The largest absolute Gasteiger partial charge is 0.497 e. The lowest BCUT2D eigenvalue weighted by atomic mass is 9.80. The van der Waals surface area contributed by atoms with Gasteiger partial charge in [-0.15, -0.1) is 0 Å². The van der Waals surface area contributed by atoms with E-state index in [9.17, 15) is 9.90 Å². The molecule has 1 saturated heterocycles. The van der Waals surface area contributed by atoms with Crippen molar-refractivity contribution in [3.63, 3.8) is 0 Å². The van der Waals surface area contributed by atoms with Crippen LogP contribution in [-0.2, 0) is 11.2 Å². The Morgan fingerprint density at radius 3 is 2.83 bits per heavy atom. The van der Waals surface area contributed by atoms with Gasteiger partial charge in [-0.25, -0.2) is 0 Å². The zero-order valence-electron chi connectivity index (χ0n) is 20.3. The highest BCUT2D eigenvalue weighted by atomic mass is 35.5. The summed E-state index contributed by atoms with van der Waals surface area (Å²) >= 11 is 12.2. The number of pyridine rings is 1. The fourth-order valence-corrected chi connectivity index (χ4v) is 5.51. The van der Waals surface area contributed by atoms with E-state index in [-0.39, 0.29) is 12.3 Å². The van der Waals surface area contributed by atoms with Crippen molar-refractivity contribution in [1.82, 2.24) is 9.88 Å². The molecular weight excluding hydrogens is 495 g/mol. The van der Waals surface area contributed by atoms with E-state index >= 15 is 0 Å². The fraction of sp³-hybridized carbons (Fsp3) is 0.379. The zero-order chi connectivity index (χ0) is 25.5. The molecule has 0 saturated carbocycles. The van der Waals surface area contributed by atoms with Crippen LogP contribution in [0.25, 0.3) is 10.9 Å². The fourth-order valence-electron chi connectivity index (χ4n) is 5.05. The number of halogens is 2. The number of hydrogen-bond donors (Lipinski definition) is 1. The van der Waals surface area contributed by atoms with Crippen LogP contribution in [0.4, 0.5) is 0 Å². The lowest BCUT2D eigenvalue weighted by Crippen LogP contribution is -2.41. The number of carbonyl (C=O) groups is 1. The molecule has 0 spiro atoms. The minimum absolute atomic E-state index is 0.117. The van der Waals surface area contributed by atoms with Gasteiger partial charge in [-0.3, -0.25) is 14.7 Å². The van der Waals surface area contributed by atoms with E-state index in [1.54, 1.807) is 19.2 Å². The Morgan fingerprint density at radius 2 is 2.06 bits per heavy atom. The predicted molar refractivity (Wildman–Crippen MR) is 145 cm³/mol. The number of ether oxygens (including phenoxy) is 1. The molecule has 1 aromatic heterocycles. The molecule has 7 heteroatoms. The molecule has 36 heavy (non-hydrogen) atoms. The van der Waals surface area contributed by atoms with Gasteiger partial charge in [0.05, 0.1) is 24.2 Å². The predicted octanol–water partition coefficient (Wildman–Crippen LogP) is 6.34. The van der Waals surface area contributed by atoms with Crippen molar-refractivity contribution >= 4 is 40.1 Å². The van der Waals surface area contributed by atoms with Crippen LogP contribution in [0, 0.1) is 23.7 Å². The van der Waals surface area contributed by atoms with Crippen molar-refractivity contribution in [3.05, 3.63) is 69.8 Å². The van der Waals surface area contributed by atoms with Gasteiger partial charge in [0.1, 0.15) is 5.75 Å². The summed E-state index contributed by atoms with van der Waals surface area (Å²) < 4.78 is 5.39. The SMILES string of the molecule is COc1ccc2nccc(CCC[C@@H]3CCN(CC#Cc4ccc(Cl)cc4Cl)C[C@@H]3CC(=O)O)c2c1. The lowest BCUT2D eigenvalue weighted by molar-refractivity contribution is -0.139. The number of likely N-dealkylation sites (tertiary alicyclic amines) is 1. The maximum Gasteiger partial charge on any atom is 0.303 e. The van der Waals surface area contributed by atoms with Gasteiger partial charge in [-0.1, -0.05) is 35.0 Å². The van der Waals surface area contributed by atoms with Crippen LogP contribution < -0.4 is 4.74 Å². The summed E-state index contributed by atoms with van der Waals surface area (Å²) in [7, 11) is 1.67. The molecular formula is C29H30Cl2N2O3. The summed E-state index contributed by atoms with van der Waals surface area (Å²) in [6.07, 6.45) is 5.96. The molecule has 2 aromatic carbocycles. The molecule has 0 amide bonds. The minimum atomic E-state index is -0.738. The Kier molecular flexibility index (Phi) is 9.09. The van der Waals surface area contributed by atoms with Crippen LogP contribution in [0.5, 0.6) is 5.75 Å². The molecule has 1 N–H and O–H groups in total. The van der Waals surface area contributed by atoms with Gasteiger partial charge in [0.25, 0.3) is 0 Å². The lowest BCUT2D eigenvalue weighted by Gasteiger charge is -2.37. The first-order valence-electron chi connectivity index (χ1n) is 12.2. The molecule has 5 nitrogen and oxygen atoms in total. The molecule has 0 aliphatic carbocycles. The van der Waals surface area contributed by atoms with Crippen molar-refractivity contribution in [2.75, 3.05) is 26.7 Å². The molecule has 1 fully saturated rings. The first-order valence-corrected chi connectivity index (χ1v) is 13.0. The normalized spacial score (nSPS) is 18.0. The number of aromatic nitrogens is 1. The Labute approximate surface area is 222 Å². The molecule has 2 heterocycles.